The molecule has 2 aromatic rings. The topological polar surface area (TPSA) is 56.1 Å². The lowest BCUT2D eigenvalue weighted by Crippen LogP contribution is -2.27. The Labute approximate surface area is 126 Å². The number of amides is 1. The van der Waals surface area contributed by atoms with Gasteiger partial charge in [-0.05, 0) is 31.2 Å². The van der Waals surface area contributed by atoms with Gasteiger partial charge < -0.3 is 10.1 Å². The molecule has 2 rings (SSSR count). The van der Waals surface area contributed by atoms with Crippen LogP contribution < -0.4 is 5.32 Å². The lowest BCUT2D eigenvalue weighted by molar-refractivity contribution is 0.0936. The molecule has 1 heterocycles. The number of carbonyl (C=O) groups is 1. The number of carbonyl (C=O) groups excluding carboxylic acids is 1. The van der Waals surface area contributed by atoms with Gasteiger partial charge in [-0.1, -0.05) is 15.9 Å². The molecule has 0 aliphatic heterocycles. The first-order chi connectivity index (χ1) is 9.63. The molecule has 1 N–H and O–H groups in total. The molecule has 6 heteroatoms. The highest BCUT2D eigenvalue weighted by molar-refractivity contribution is 9.10. The van der Waals surface area contributed by atoms with E-state index in [9.17, 15) is 4.79 Å². The summed E-state index contributed by atoms with van der Waals surface area (Å²) in [5, 5.41) is 7.06. The van der Waals surface area contributed by atoms with Crippen molar-refractivity contribution < 1.29 is 9.53 Å². The lowest BCUT2D eigenvalue weighted by Gasteiger charge is -2.06. The van der Waals surface area contributed by atoms with Gasteiger partial charge >= 0.3 is 0 Å². The van der Waals surface area contributed by atoms with Gasteiger partial charge in [-0.3, -0.25) is 4.79 Å². The summed E-state index contributed by atoms with van der Waals surface area (Å²) in [5.74, 6) is -0.136. The standard InChI is InChI=1S/C14H16BrN3O2/c1-10-13(14(19)16-7-8-20-2)9-17-18(10)12-5-3-11(15)4-6-12/h3-6,9H,7-8H2,1-2H3,(H,16,19). The van der Waals surface area contributed by atoms with Gasteiger partial charge in [0.25, 0.3) is 5.91 Å². The zero-order valence-electron chi connectivity index (χ0n) is 11.4. The van der Waals surface area contributed by atoms with Gasteiger partial charge in [0, 0.05) is 18.1 Å². The molecule has 0 atom stereocenters. The van der Waals surface area contributed by atoms with Crippen molar-refractivity contribution in [2.75, 3.05) is 20.3 Å². The number of methoxy groups -OCH3 is 1. The van der Waals surface area contributed by atoms with Crippen LogP contribution in [-0.2, 0) is 4.74 Å². The summed E-state index contributed by atoms with van der Waals surface area (Å²) in [6.07, 6.45) is 1.58. The average Bonchev–Trinajstić information content (AvgIpc) is 2.82. The van der Waals surface area contributed by atoms with E-state index >= 15 is 0 Å². The van der Waals surface area contributed by atoms with Crippen LogP contribution in [0.1, 0.15) is 16.1 Å². The molecule has 1 amide bonds. The maximum atomic E-state index is 12.0. The van der Waals surface area contributed by atoms with Crippen LogP contribution in [0.5, 0.6) is 0 Å². The summed E-state index contributed by atoms with van der Waals surface area (Å²) in [4.78, 5) is 12.0. The Morgan fingerprint density at radius 2 is 2.10 bits per heavy atom. The molecule has 106 valence electrons. The van der Waals surface area contributed by atoms with Crippen LogP contribution in [0.15, 0.2) is 34.9 Å². The van der Waals surface area contributed by atoms with E-state index in [-0.39, 0.29) is 5.91 Å². The van der Waals surface area contributed by atoms with Crippen LogP contribution in [0.2, 0.25) is 0 Å². The summed E-state index contributed by atoms with van der Waals surface area (Å²) < 4.78 is 7.66. The number of nitrogens with one attached hydrogen (secondary N) is 1. The second-order valence-electron chi connectivity index (χ2n) is 4.28. The summed E-state index contributed by atoms with van der Waals surface area (Å²) in [7, 11) is 1.60. The molecule has 0 aliphatic rings. The van der Waals surface area contributed by atoms with Gasteiger partial charge in [-0.15, -0.1) is 0 Å². The van der Waals surface area contributed by atoms with Crippen LogP contribution in [-0.4, -0.2) is 35.9 Å². The molecule has 0 aliphatic carbocycles. The first-order valence-electron chi connectivity index (χ1n) is 6.21. The molecular weight excluding hydrogens is 322 g/mol. The molecule has 0 bridgehead atoms. The third-order valence-electron chi connectivity index (χ3n) is 2.92. The maximum absolute atomic E-state index is 12.0. The highest BCUT2D eigenvalue weighted by atomic mass is 79.9. The largest absolute Gasteiger partial charge is 0.383 e. The SMILES string of the molecule is COCCNC(=O)c1cnn(-c2ccc(Br)cc2)c1C. The summed E-state index contributed by atoms with van der Waals surface area (Å²) >= 11 is 3.39. The molecule has 1 aromatic carbocycles. The fourth-order valence-corrected chi connectivity index (χ4v) is 2.10. The molecule has 0 fully saturated rings. The smallest absolute Gasteiger partial charge is 0.254 e. The number of hydrogen-bond acceptors (Lipinski definition) is 3. The number of rotatable bonds is 5. The van der Waals surface area contributed by atoms with Crippen LogP contribution in [0.4, 0.5) is 0 Å². The van der Waals surface area contributed by atoms with Gasteiger partial charge in [0.2, 0.25) is 0 Å². The van der Waals surface area contributed by atoms with Crippen molar-refractivity contribution in [3.8, 4) is 5.69 Å². The van der Waals surface area contributed by atoms with E-state index in [4.69, 9.17) is 4.74 Å². The van der Waals surface area contributed by atoms with E-state index in [2.05, 4.69) is 26.3 Å². The highest BCUT2D eigenvalue weighted by Crippen LogP contribution is 2.17. The quantitative estimate of drug-likeness (QED) is 0.852. The zero-order chi connectivity index (χ0) is 14.5. The first kappa shape index (κ1) is 14.7. The van der Waals surface area contributed by atoms with Crippen LogP contribution >= 0.6 is 15.9 Å². The highest BCUT2D eigenvalue weighted by Gasteiger charge is 2.14. The van der Waals surface area contributed by atoms with E-state index in [1.807, 2.05) is 31.2 Å². The van der Waals surface area contributed by atoms with Crippen molar-refractivity contribution in [3.63, 3.8) is 0 Å². The molecule has 0 saturated carbocycles. The Morgan fingerprint density at radius 1 is 1.40 bits per heavy atom. The minimum Gasteiger partial charge on any atom is -0.383 e. The monoisotopic (exact) mass is 337 g/mol. The van der Waals surface area contributed by atoms with Gasteiger partial charge in [0.05, 0.1) is 29.7 Å². The summed E-state index contributed by atoms with van der Waals surface area (Å²) in [5.41, 5.74) is 2.30. The van der Waals surface area contributed by atoms with Crippen LogP contribution in [0.3, 0.4) is 0 Å². The molecule has 1 aromatic heterocycles. The van der Waals surface area contributed by atoms with Crippen molar-refractivity contribution in [1.82, 2.24) is 15.1 Å². The predicted octanol–water partition coefficient (Wildman–Crippen LogP) is 2.32. The van der Waals surface area contributed by atoms with Gasteiger partial charge in [0.15, 0.2) is 0 Å². The second-order valence-corrected chi connectivity index (χ2v) is 5.20. The zero-order valence-corrected chi connectivity index (χ0v) is 13.0. The number of ether oxygens (including phenoxy) is 1. The Bertz CT molecular complexity index is 593. The van der Waals surface area contributed by atoms with Crippen molar-refractivity contribution in [1.29, 1.82) is 0 Å². The van der Waals surface area contributed by atoms with Gasteiger partial charge in [0.1, 0.15) is 0 Å². The van der Waals surface area contributed by atoms with E-state index in [1.54, 1.807) is 18.0 Å². The van der Waals surface area contributed by atoms with Crippen molar-refractivity contribution in [3.05, 3.63) is 46.2 Å². The van der Waals surface area contributed by atoms with Crippen molar-refractivity contribution in [2.45, 2.75) is 6.92 Å². The number of benzene rings is 1. The first-order valence-corrected chi connectivity index (χ1v) is 7.00. The fourth-order valence-electron chi connectivity index (χ4n) is 1.84. The Morgan fingerprint density at radius 3 is 2.75 bits per heavy atom. The number of aromatic nitrogens is 2. The summed E-state index contributed by atoms with van der Waals surface area (Å²) in [6, 6.07) is 7.76. The molecule has 5 nitrogen and oxygen atoms in total. The van der Waals surface area contributed by atoms with Crippen molar-refractivity contribution >= 4 is 21.8 Å². The lowest BCUT2D eigenvalue weighted by atomic mass is 10.2. The Hall–Kier alpha value is -1.66. The second kappa shape index (κ2) is 6.67. The minimum absolute atomic E-state index is 0.136. The summed E-state index contributed by atoms with van der Waals surface area (Å²) in [6.45, 7) is 2.85. The fraction of sp³-hybridized carbons (Fsp3) is 0.286. The molecular formula is C14H16BrN3O2. The predicted molar refractivity (Wildman–Crippen MR) is 80.2 cm³/mol. The van der Waals surface area contributed by atoms with Gasteiger partial charge in [-0.25, -0.2) is 4.68 Å². The third kappa shape index (κ3) is 3.26. The van der Waals surface area contributed by atoms with E-state index in [1.165, 1.54) is 0 Å². The average molecular weight is 338 g/mol. The van der Waals surface area contributed by atoms with Crippen LogP contribution in [0.25, 0.3) is 5.69 Å². The normalized spacial score (nSPS) is 10.6. The van der Waals surface area contributed by atoms with E-state index in [0.29, 0.717) is 18.7 Å². The Balaban J connectivity index is 2.18. The molecule has 0 radical (unpaired) electrons. The van der Waals surface area contributed by atoms with Crippen molar-refractivity contribution in [2.24, 2.45) is 0 Å². The van der Waals surface area contributed by atoms with Crippen LogP contribution in [0, 0.1) is 6.92 Å². The molecule has 0 unspecified atom stereocenters. The molecule has 20 heavy (non-hydrogen) atoms. The minimum atomic E-state index is -0.136. The number of nitrogens with zero attached hydrogens (tertiary/aromatic N) is 2. The number of halogens is 1. The Kier molecular flexibility index (Phi) is 4.92. The maximum Gasteiger partial charge on any atom is 0.254 e. The van der Waals surface area contributed by atoms with E-state index < -0.39 is 0 Å². The van der Waals surface area contributed by atoms with E-state index in [0.717, 1.165) is 15.9 Å². The molecule has 0 spiro atoms. The van der Waals surface area contributed by atoms with Gasteiger partial charge in [-0.2, -0.15) is 5.10 Å². The molecule has 0 saturated heterocycles. The third-order valence-corrected chi connectivity index (χ3v) is 3.45. The number of hydrogen-bond donors (Lipinski definition) is 1.